The first-order chi connectivity index (χ1) is 13.1. The first kappa shape index (κ1) is 18.9. The van der Waals surface area contributed by atoms with E-state index in [0.29, 0.717) is 17.9 Å². The minimum absolute atomic E-state index is 0.114. The Morgan fingerprint density at radius 2 is 2.04 bits per heavy atom. The quantitative estimate of drug-likeness (QED) is 0.618. The van der Waals surface area contributed by atoms with Crippen LogP contribution < -0.4 is 4.74 Å². The molecule has 6 nitrogen and oxygen atoms in total. The molecular weight excluding hydrogens is 344 g/mol. The molecule has 0 saturated carbocycles. The highest BCUT2D eigenvalue weighted by Crippen LogP contribution is 2.19. The van der Waals surface area contributed by atoms with Crippen molar-refractivity contribution in [2.24, 2.45) is 0 Å². The molecule has 2 aromatic carbocycles. The van der Waals surface area contributed by atoms with Crippen molar-refractivity contribution < 1.29 is 19.4 Å². The van der Waals surface area contributed by atoms with Crippen LogP contribution in [-0.4, -0.2) is 40.4 Å². The normalized spacial score (nSPS) is 12.1. The maximum atomic E-state index is 11.6. The molecule has 1 N–H and O–H groups in total. The smallest absolute Gasteiger partial charge is 0.337 e. The van der Waals surface area contributed by atoms with Gasteiger partial charge < -0.3 is 19.1 Å². The van der Waals surface area contributed by atoms with Gasteiger partial charge in [0, 0.05) is 6.42 Å². The topological polar surface area (TPSA) is 73.6 Å². The van der Waals surface area contributed by atoms with Crippen molar-refractivity contribution >= 4 is 17.0 Å². The zero-order chi connectivity index (χ0) is 19.2. The zero-order valence-corrected chi connectivity index (χ0v) is 15.6. The second-order valence-corrected chi connectivity index (χ2v) is 6.36. The summed E-state index contributed by atoms with van der Waals surface area (Å²) in [6.07, 6.45) is 1.12. The average Bonchev–Trinajstić information content (AvgIpc) is 3.03. The number of hydrogen-bond acceptors (Lipinski definition) is 5. The lowest BCUT2D eigenvalue weighted by Gasteiger charge is -2.16. The van der Waals surface area contributed by atoms with Gasteiger partial charge in [0.25, 0.3) is 0 Å². The van der Waals surface area contributed by atoms with Gasteiger partial charge in [0.15, 0.2) is 0 Å². The molecule has 1 atom stereocenters. The maximum absolute atomic E-state index is 11.6. The lowest BCUT2D eigenvalue weighted by molar-refractivity contribution is 0.0599. The molecular formula is C21H24N2O4. The van der Waals surface area contributed by atoms with Crippen LogP contribution in [0, 0.1) is 0 Å². The van der Waals surface area contributed by atoms with Gasteiger partial charge in [0.2, 0.25) is 0 Å². The van der Waals surface area contributed by atoms with E-state index in [0.717, 1.165) is 29.7 Å². The number of aliphatic hydroxyl groups is 1. The third-order valence-electron chi connectivity index (χ3n) is 4.30. The Morgan fingerprint density at radius 3 is 2.81 bits per heavy atom. The molecule has 0 aliphatic rings. The average molecular weight is 368 g/mol. The number of fused-ring (bicyclic) bond motifs is 1. The number of para-hydroxylation sites is 2. The summed E-state index contributed by atoms with van der Waals surface area (Å²) >= 11 is 0. The van der Waals surface area contributed by atoms with E-state index in [-0.39, 0.29) is 6.61 Å². The van der Waals surface area contributed by atoms with Crippen LogP contribution in [0.15, 0.2) is 48.5 Å². The molecule has 0 fully saturated rings. The number of aryl methyl sites for hydroxylation is 1. The van der Waals surface area contributed by atoms with Gasteiger partial charge in [0.1, 0.15) is 24.3 Å². The molecule has 0 aliphatic carbocycles. The fourth-order valence-corrected chi connectivity index (χ4v) is 3.03. The molecule has 3 aromatic rings. The Bertz CT molecular complexity index is 919. The van der Waals surface area contributed by atoms with Gasteiger partial charge in [-0.15, -0.1) is 0 Å². The van der Waals surface area contributed by atoms with Crippen molar-refractivity contribution in [2.75, 3.05) is 13.7 Å². The number of nitrogens with zero attached hydrogens (tertiary/aromatic N) is 2. The summed E-state index contributed by atoms with van der Waals surface area (Å²) < 4.78 is 12.4. The fraction of sp³-hybridized carbons (Fsp3) is 0.333. The van der Waals surface area contributed by atoms with E-state index in [2.05, 4.69) is 16.5 Å². The minimum atomic E-state index is -0.708. The Kier molecular flexibility index (Phi) is 6.08. The summed E-state index contributed by atoms with van der Waals surface area (Å²) in [4.78, 5) is 16.3. The summed E-state index contributed by atoms with van der Waals surface area (Å²) in [7, 11) is 1.34. The van der Waals surface area contributed by atoms with Gasteiger partial charge >= 0.3 is 5.97 Å². The zero-order valence-electron chi connectivity index (χ0n) is 15.6. The van der Waals surface area contributed by atoms with Crippen molar-refractivity contribution in [3.8, 4) is 5.75 Å². The first-order valence-corrected chi connectivity index (χ1v) is 9.05. The van der Waals surface area contributed by atoms with Crippen molar-refractivity contribution in [2.45, 2.75) is 32.4 Å². The van der Waals surface area contributed by atoms with Gasteiger partial charge in [-0.3, -0.25) is 0 Å². The van der Waals surface area contributed by atoms with Crippen LogP contribution in [0.4, 0.5) is 0 Å². The predicted molar refractivity (Wildman–Crippen MR) is 103 cm³/mol. The third kappa shape index (κ3) is 4.46. The minimum Gasteiger partial charge on any atom is -0.491 e. The molecule has 1 aromatic heterocycles. The van der Waals surface area contributed by atoms with Crippen molar-refractivity contribution in [1.29, 1.82) is 0 Å². The Morgan fingerprint density at radius 1 is 1.22 bits per heavy atom. The predicted octanol–water partition coefficient (Wildman–Crippen LogP) is 3.22. The number of carbonyl (C=O) groups excluding carboxylic acids is 1. The number of aromatic nitrogens is 2. The summed E-state index contributed by atoms with van der Waals surface area (Å²) in [6, 6.07) is 14.6. The molecule has 142 valence electrons. The highest BCUT2D eigenvalue weighted by atomic mass is 16.5. The summed E-state index contributed by atoms with van der Waals surface area (Å²) in [5.41, 5.74) is 2.35. The Hall–Kier alpha value is -2.86. The van der Waals surface area contributed by atoms with Gasteiger partial charge in [-0.25, -0.2) is 9.78 Å². The Balaban J connectivity index is 1.69. The van der Waals surface area contributed by atoms with E-state index in [4.69, 9.17) is 9.47 Å². The number of methoxy groups -OCH3 is 1. The Labute approximate surface area is 158 Å². The van der Waals surface area contributed by atoms with E-state index in [1.165, 1.54) is 7.11 Å². The van der Waals surface area contributed by atoms with Crippen LogP contribution in [-0.2, 0) is 17.7 Å². The van der Waals surface area contributed by atoms with Crippen LogP contribution in [0.25, 0.3) is 11.0 Å². The van der Waals surface area contributed by atoms with Crippen molar-refractivity contribution in [3.63, 3.8) is 0 Å². The van der Waals surface area contributed by atoms with E-state index < -0.39 is 12.1 Å². The number of esters is 1. The van der Waals surface area contributed by atoms with Crippen LogP contribution in [0.2, 0.25) is 0 Å². The number of benzene rings is 2. The van der Waals surface area contributed by atoms with Gasteiger partial charge in [0.05, 0.1) is 30.3 Å². The molecule has 6 heteroatoms. The number of ether oxygens (including phenoxy) is 2. The highest BCUT2D eigenvalue weighted by molar-refractivity contribution is 5.89. The number of imidazole rings is 1. The third-order valence-corrected chi connectivity index (χ3v) is 4.30. The van der Waals surface area contributed by atoms with Crippen molar-refractivity contribution in [1.82, 2.24) is 9.55 Å². The monoisotopic (exact) mass is 368 g/mol. The summed E-state index contributed by atoms with van der Waals surface area (Å²) in [5, 5.41) is 10.5. The first-order valence-electron chi connectivity index (χ1n) is 9.05. The molecule has 0 aliphatic heterocycles. The molecule has 3 rings (SSSR count). The molecule has 1 heterocycles. The van der Waals surface area contributed by atoms with Gasteiger partial charge in [-0.2, -0.15) is 0 Å². The highest BCUT2D eigenvalue weighted by Gasteiger charge is 2.14. The molecule has 0 bridgehead atoms. The molecule has 0 unspecified atom stereocenters. The van der Waals surface area contributed by atoms with Crippen molar-refractivity contribution in [3.05, 3.63) is 59.9 Å². The SMILES string of the molecule is CCCc1nc2ccccc2n1C[C@@H](O)COc1cccc(C(=O)OC)c1. The molecule has 0 radical (unpaired) electrons. The number of rotatable bonds is 8. The van der Waals surface area contributed by atoms with E-state index in [9.17, 15) is 9.90 Å². The van der Waals surface area contributed by atoms with E-state index in [1.54, 1.807) is 24.3 Å². The molecule has 0 saturated heterocycles. The lowest BCUT2D eigenvalue weighted by atomic mass is 10.2. The van der Waals surface area contributed by atoms with Crippen LogP contribution >= 0.6 is 0 Å². The van der Waals surface area contributed by atoms with E-state index in [1.807, 2.05) is 24.3 Å². The summed E-state index contributed by atoms with van der Waals surface area (Å²) in [6.45, 7) is 2.62. The van der Waals surface area contributed by atoms with Gasteiger partial charge in [-0.05, 0) is 36.8 Å². The molecule has 27 heavy (non-hydrogen) atoms. The molecule has 0 spiro atoms. The number of hydrogen-bond donors (Lipinski definition) is 1. The molecule has 0 amide bonds. The van der Waals surface area contributed by atoms with Crippen LogP contribution in [0.5, 0.6) is 5.75 Å². The second kappa shape index (κ2) is 8.68. The largest absolute Gasteiger partial charge is 0.491 e. The number of aliphatic hydroxyl groups excluding tert-OH is 1. The van der Waals surface area contributed by atoms with Gasteiger partial charge in [-0.1, -0.05) is 25.1 Å². The summed E-state index contributed by atoms with van der Waals surface area (Å²) in [5.74, 6) is 1.06. The van der Waals surface area contributed by atoms with E-state index >= 15 is 0 Å². The second-order valence-electron chi connectivity index (χ2n) is 6.36. The lowest BCUT2D eigenvalue weighted by Crippen LogP contribution is -2.24. The van der Waals surface area contributed by atoms with Crippen LogP contribution in [0.1, 0.15) is 29.5 Å². The maximum Gasteiger partial charge on any atom is 0.337 e. The number of carbonyl (C=O) groups is 1. The fourth-order valence-electron chi connectivity index (χ4n) is 3.03. The van der Waals surface area contributed by atoms with Crippen LogP contribution in [0.3, 0.4) is 0 Å². The standard InChI is InChI=1S/C21H24N2O4/c1-3-7-20-22-18-10-4-5-11-19(18)23(20)13-16(24)14-27-17-9-6-8-15(12-17)21(25)26-2/h4-6,8-12,16,24H,3,7,13-14H2,1-2H3/t16-/m1/s1.